The minimum atomic E-state index is -0.359. The smallest absolute Gasteiger partial charge is 0.295 e. The Morgan fingerprint density at radius 1 is 1.00 bits per heavy atom. The van der Waals surface area contributed by atoms with E-state index in [0.29, 0.717) is 5.69 Å². The SMILES string of the molecule is Cc1ccc(-n2cnc(C(=O)Nc3cccc4ncccc34)n2)cc1. The molecule has 0 aliphatic heterocycles. The summed E-state index contributed by atoms with van der Waals surface area (Å²) in [5.41, 5.74) is 3.51. The highest BCUT2D eigenvalue weighted by atomic mass is 16.2. The number of nitrogens with zero attached hydrogens (tertiary/aromatic N) is 4. The van der Waals surface area contributed by atoms with Gasteiger partial charge in [-0.15, -0.1) is 5.10 Å². The molecule has 0 spiro atoms. The number of hydrogen-bond acceptors (Lipinski definition) is 4. The summed E-state index contributed by atoms with van der Waals surface area (Å²) in [5, 5.41) is 7.99. The third kappa shape index (κ3) is 2.97. The molecule has 2 aromatic heterocycles. The lowest BCUT2D eigenvalue weighted by Crippen LogP contribution is -2.14. The number of nitrogens with one attached hydrogen (secondary N) is 1. The van der Waals surface area contributed by atoms with Crippen molar-refractivity contribution in [2.24, 2.45) is 0 Å². The van der Waals surface area contributed by atoms with Crippen LogP contribution in [0, 0.1) is 6.92 Å². The van der Waals surface area contributed by atoms with E-state index in [0.717, 1.165) is 22.2 Å². The fourth-order valence-corrected chi connectivity index (χ4v) is 2.58. The van der Waals surface area contributed by atoms with Gasteiger partial charge in [0.2, 0.25) is 5.82 Å². The molecule has 0 atom stereocenters. The first-order chi connectivity index (χ1) is 12.2. The van der Waals surface area contributed by atoms with Crippen LogP contribution in [0.4, 0.5) is 5.69 Å². The van der Waals surface area contributed by atoms with E-state index in [1.807, 2.05) is 61.5 Å². The monoisotopic (exact) mass is 329 g/mol. The van der Waals surface area contributed by atoms with E-state index < -0.39 is 0 Å². The molecule has 0 unspecified atom stereocenters. The van der Waals surface area contributed by atoms with Crippen LogP contribution in [0.5, 0.6) is 0 Å². The fourth-order valence-electron chi connectivity index (χ4n) is 2.58. The number of carbonyl (C=O) groups excluding carboxylic acids is 1. The molecule has 2 aromatic carbocycles. The summed E-state index contributed by atoms with van der Waals surface area (Å²) in [5.74, 6) is -0.247. The number of hydrogen-bond donors (Lipinski definition) is 1. The van der Waals surface area contributed by atoms with Crippen molar-refractivity contribution in [3.8, 4) is 5.69 Å². The van der Waals surface area contributed by atoms with Gasteiger partial charge in [-0.2, -0.15) is 0 Å². The lowest BCUT2D eigenvalue weighted by atomic mass is 10.2. The topological polar surface area (TPSA) is 72.7 Å². The molecule has 4 aromatic rings. The van der Waals surface area contributed by atoms with Crippen LogP contribution < -0.4 is 5.32 Å². The Morgan fingerprint density at radius 3 is 2.68 bits per heavy atom. The number of aryl methyl sites for hydroxylation is 1. The number of rotatable bonds is 3. The van der Waals surface area contributed by atoms with Gasteiger partial charge in [-0.3, -0.25) is 9.78 Å². The average Bonchev–Trinajstić information content (AvgIpc) is 3.13. The van der Waals surface area contributed by atoms with E-state index in [2.05, 4.69) is 20.4 Å². The number of pyridine rings is 1. The fraction of sp³-hybridized carbons (Fsp3) is 0.0526. The van der Waals surface area contributed by atoms with Crippen LogP contribution in [0.3, 0.4) is 0 Å². The number of benzene rings is 2. The van der Waals surface area contributed by atoms with E-state index in [1.165, 1.54) is 6.33 Å². The molecule has 0 saturated carbocycles. The number of aromatic nitrogens is 4. The summed E-state index contributed by atoms with van der Waals surface area (Å²) in [7, 11) is 0. The standard InChI is InChI=1S/C19H15N5O/c1-13-7-9-14(10-8-13)24-12-21-18(23-24)19(25)22-17-6-2-5-16-15(17)4-3-11-20-16/h2-12H,1H3,(H,22,25). The van der Waals surface area contributed by atoms with Crippen LogP contribution in [0.1, 0.15) is 16.2 Å². The highest BCUT2D eigenvalue weighted by molar-refractivity contribution is 6.06. The number of fused-ring (bicyclic) bond motifs is 1. The predicted octanol–water partition coefficient (Wildman–Crippen LogP) is 3.38. The molecule has 0 saturated heterocycles. The first-order valence-electron chi connectivity index (χ1n) is 7.84. The van der Waals surface area contributed by atoms with Gasteiger partial charge in [0.05, 0.1) is 16.9 Å². The maximum absolute atomic E-state index is 12.5. The highest BCUT2D eigenvalue weighted by Crippen LogP contribution is 2.21. The molecular weight excluding hydrogens is 314 g/mol. The molecule has 6 heteroatoms. The molecular formula is C19H15N5O. The van der Waals surface area contributed by atoms with Gasteiger partial charge >= 0.3 is 0 Å². The van der Waals surface area contributed by atoms with Crippen molar-refractivity contribution in [3.05, 3.63) is 78.5 Å². The number of anilines is 1. The summed E-state index contributed by atoms with van der Waals surface area (Å²) < 4.78 is 1.58. The third-order valence-corrected chi connectivity index (χ3v) is 3.89. The Hall–Kier alpha value is -3.54. The van der Waals surface area contributed by atoms with Crippen LogP contribution >= 0.6 is 0 Å². The van der Waals surface area contributed by atoms with Gasteiger partial charge in [0.1, 0.15) is 6.33 Å². The van der Waals surface area contributed by atoms with Gasteiger partial charge in [0.15, 0.2) is 0 Å². The highest BCUT2D eigenvalue weighted by Gasteiger charge is 2.13. The van der Waals surface area contributed by atoms with Crippen molar-refractivity contribution in [2.75, 3.05) is 5.32 Å². The Labute approximate surface area is 144 Å². The second-order valence-corrected chi connectivity index (χ2v) is 5.68. The van der Waals surface area contributed by atoms with Gasteiger partial charge in [-0.25, -0.2) is 9.67 Å². The van der Waals surface area contributed by atoms with Crippen molar-refractivity contribution in [1.82, 2.24) is 19.7 Å². The van der Waals surface area contributed by atoms with Crippen molar-refractivity contribution in [3.63, 3.8) is 0 Å². The molecule has 25 heavy (non-hydrogen) atoms. The summed E-state index contributed by atoms with van der Waals surface area (Å²) in [6, 6.07) is 17.2. The Balaban J connectivity index is 1.60. The van der Waals surface area contributed by atoms with Gasteiger partial charge < -0.3 is 5.32 Å². The molecule has 0 fully saturated rings. The Kier molecular flexibility index (Phi) is 3.70. The summed E-state index contributed by atoms with van der Waals surface area (Å²) in [4.78, 5) is 20.9. The zero-order chi connectivity index (χ0) is 17.2. The summed E-state index contributed by atoms with van der Waals surface area (Å²) in [6.45, 7) is 2.02. The molecule has 4 rings (SSSR count). The van der Waals surface area contributed by atoms with Gasteiger partial charge in [0.25, 0.3) is 5.91 Å². The van der Waals surface area contributed by atoms with E-state index in [4.69, 9.17) is 0 Å². The summed E-state index contributed by atoms with van der Waals surface area (Å²) in [6.07, 6.45) is 3.25. The van der Waals surface area contributed by atoms with Crippen molar-refractivity contribution in [2.45, 2.75) is 6.92 Å². The zero-order valence-corrected chi connectivity index (χ0v) is 13.5. The predicted molar refractivity (Wildman–Crippen MR) is 95.8 cm³/mol. The lowest BCUT2D eigenvalue weighted by molar-refractivity contribution is 0.101. The van der Waals surface area contributed by atoms with E-state index in [1.54, 1.807) is 10.9 Å². The molecule has 0 bridgehead atoms. The maximum Gasteiger partial charge on any atom is 0.295 e. The zero-order valence-electron chi connectivity index (χ0n) is 13.5. The average molecular weight is 329 g/mol. The molecule has 6 nitrogen and oxygen atoms in total. The molecule has 1 amide bonds. The van der Waals surface area contributed by atoms with Crippen LogP contribution in [0.15, 0.2) is 67.1 Å². The van der Waals surface area contributed by atoms with E-state index in [9.17, 15) is 4.79 Å². The molecule has 0 aliphatic carbocycles. The van der Waals surface area contributed by atoms with Gasteiger partial charge in [-0.05, 0) is 43.3 Å². The Bertz CT molecular complexity index is 1050. The van der Waals surface area contributed by atoms with Crippen molar-refractivity contribution < 1.29 is 4.79 Å². The van der Waals surface area contributed by atoms with E-state index in [-0.39, 0.29) is 11.7 Å². The molecule has 122 valence electrons. The van der Waals surface area contributed by atoms with Crippen LogP contribution in [-0.4, -0.2) is 25.7 Å². The number of carbonyl (C=O) groups is 1. The Morgan fingerprint density at radius 2 is 1.84 bits per heavy atom. The third-order valence-electron chi connectivity index (χ3n) is 3.89. The lowest BCUT2D eigenvalue weighted by Gasteiger charge is -2.06. The quantitative estimate of drug-likeness (QED) is 0.625. The first kappa shape index (κ1) is 15.0. The molecule has 1 N–H and O–H groups in total. The minimum Gasteiger partial charge on any atom is -0.319 e. The van der Waals surface area contributed by atoms with Crippen molar-refractivity contribution in [1.29, 1.82) is 0 Å². The summed E-state index contributed by atoms with van der Waals surface area (Å²) >= 11 is 0. The second kappa shape index (κ2) is 6.16. The largest absolute Gasteiger partial charge is 0.319 e. The molecule has 0 radical (unpaired) electrons. The normalized spacial score (nSPS) is 10.8. The van der Waals surface area contributed by atoms with Crippen LogP contribution in [0.2, 0.25) is 0 Å². The van der Waals surface area contributed by atoms with Gasteiger partial charge in [0, 0.05) is 11.6 Å². The van der Waals surface area contributed by atoms with Crippen LogP contribution in [0.25, 0.3) is 16.6 Å². The first-order valence-corrected chi connectivity index (χ1v) is 7.84. The molecule has 0 aliphatic rings. The number of amides is 1. The van der Waals surface area contributed by atoms with Crippen LogP contribution in [-0.2, 0) is 0 Å². The van der Waals surface area contributed by atoms with Crippen molar-refractivity contribution >= 4 is 22.5 Å². The second-order valence-electron chi connectivity index (χ2n) is 5.68. The van der Waals surface area contributed by atoms with E-state index >= 15 is 0 Å². The van der Waals surface area contributed by atoms with Gasteiger partial charge in [-0.1, -0.05) is 23.8 Å². The minimum absolute atomic E-state index is 0.112. The molecule has 2 heterocycles. The maximum atomic E-state index is 12.5.